The van der Waals surface area contributed by atoms with E-state index >= 15 is 0 Å². The Morgan fingerprint density at radius 3 is 2.56 bits per heavy atom. The summed E-state index contributed by atoms with van der Waals surface area (Å²) in [7, 11) is 2.87. The Hall–Kier alpha value is -3.64. The number of rotatable bonds is 6. The number of piperidine rings is 1. The van der Waals surface area contributed by atoms with Gasteiger partial charge in [-0.1, -0.05) is 29.8 Å². The minimum atomic E-state index is -0.141. The van der Waals surface area contributed by atoms with Crippen molar-refractivity contribution < 1.29 is 0 Å². The number of aromatic nitrogens is 4. The van der Waals surface area contributed by atoms with Crippen LogP contribution in [0.25, 0.3) is 33.3 Å². The van der Waals surface area contributed by atoms with Crippen LogP contribution in [0.2, 0.25) is 5.02 Å². The lowest BCUT2D eigenvalue weighted by Crippen LogP contribution is -2.28. The molecule has 1 saturated heterocycles. The number of nitrogens with one attached hydrogen (secondary N) is 2. The highest BCUT2D eigenvalue weighted by Crippen LogP contribution is 2.32. The molecule has 208 valence electrons. The highest BCUT2D eigenvalue weighted by molar-refractivity contribution is 7.27. The SMILES string of the molecule is CCn1c(=O)c(-c2ccc(-c3ccnc(C)c3)cc2Cl)cc2cnc(Nc3ccc(C4CCNCC4)c(P)c3)nc21. The van der Waals surface area contributed by atoms with Gasteiger partial charge in [0.25, 0.3) is 5.56 Å². The lowest BCUT2D eigenvalue weighted by Gasteiger charge is -2.24. The van der Waals surface area contributed by atoms with E-state index in [0.717, 1.165) is 53.8 Å². The minimum absolute atomic E-state index is 0.141. The predicted octanol–water partition coefficient (Wildman–Crippen LogP) is 6.21. The number of fused-ring (bicyclic) bond motifs is 1. The third-order valence-electron chi connectivity index (χ3n) is 7.75. The summed E-state index contributed by atoms with van der Waals surface area (Å²) in [6, 6.07) is 18.0. The Morgan fingerprint density at radius 2 is 1.83 bits per heavy atom. The van der Waals surface area contributed by atoms with Crippen LogP contribution in [0.4, 0.5) is 11.6 Å². The van der Waals surface area contributed by atoms with Gasteiger partial charge in [-0.15, -0.1) is 9.24 Å². The first-order valence-corrected chi connectivity index (χ1v) is 14.9. The van der Waals surface area contributed by atoms with Gasteiger partial charge in [-0.05, 0) is 104 Å². The van der Waals surface area contributed by atoms with E-state index < -0.39 is 0 Å². The van der Waals surface area contributed by atoms with Crippen LogP contribution in [-0.4, -0.2) is 32.6 Å². The summed E-state index contributed by atoms with van der Waals surface area (Å²) >= 11 is 6.75. The number of nitrogens with zero attached hydrogens (tertiary/aromatic N) is 4. The number of anilines is 2. The van der Waals surface area contributed by atoms with Crippen molar-refractivity contribution in [2.24, 2.45) is 0 Å². The Morgan fingerprint density at radius 1 is 1.02 bits per heavy atom. The van der Waals surface area contributed by atoms with Crippen LogP contribution in [0.5, 0.6) is 0 Å². The largest absolute Gasteiger partial charge is 0.324 e. The van der Waals surface area contributed by atoms with Crippen LogP contribution in [-0.2, 0) is 6.54 Å². The Kier molecular flexibility index (Phi) is 7.85. The zero-order chi connectivity index (χ0) is 28.5. The van der Waals surface area contributed by atoms with Gasteiger partial charge in [0.2, 0.25) is 5.95 Å². The molecule has 41 heavy (non-hydrogen) atoms. The van der Waals surface area contributed by atoms with Gasteiger partial charge in [0, 0.05) is 51.9 Å². The van der Waals surface area contributed by atoms with E-state index in [2.05, 4.69) is 48.0 Å². The zero-order valence-corrected chi connectivity index (χ0v) is 25.0. The lowest BCUT2D eigenvalue weighted by atomic mass is 9.90. The Balaban J connectivity index is 1.32. The third kappa shape index (κ3) is 5.62. The number of halogens is 1. The number of hydrogen-bond donors (Lipinski definition) is 2. The van der Waals surface area contributed by atoms with E-state index in [0.29, 0.717) is 40.2 Å². The fourth-order valence-corrected chi connectivity index (χ4v) is 6.42. The van der Waals surface area contributed by atoms with Crippen molar-refractivity contribution >= 4 is 48.8 Å². The van der Waals surface area contributed by atoms with Crippen LogP contribution < -0.4 is 21.5 Å². The molecule has 0 bridgehead atoms. The van der Waals surface area contributed by atoms with E-state index in [4.69, 9.17) is 16.6 Å². The summed E-state index contributed by atoms with van der Waals surface area (Å²) in [5, 5.41) is 9.22. The van der Waals surface area contributed by atoms with Gasteiger partial charge >= 0.3 is 0 Å². The molecule has 4 heterocycles. The molecule has 1 fully saturated rings. The summed E-state index contributed by atoms with van der Waals surface area (Å²) in [6.07, 6.45) is 5.84. The molecule has 5 aromatic rings. The van der Waals surface area contributed by atoms with Crippen LogP contribution in [0, 0.1) is 6.92 Å². The van der Waals surface area contributed by atoms with E-state index in [-0.39, 0.29) is 5.56 Å². The average Bonchev–Trinajstić information content (AvgIpc) is 2.98. The summed E-state index contributed by atoms with van der Waals surface area (Å²) in [4.78, 5) is 27.3. The van der Waals surface area contributed by atoms with Gasteiger partial charge in [0.05, 0.1) is 0 Å². The summed E-state index contributed by atoms with van der Waals surface area (Å²) in [6.45, 7) is 6.48. The second-order valence-corrected chi connectivity index (χ2v) is 11.5. The van der Waals surface area contributed by atoms with Crippen LogP contribution in [0.1, 0.15) is 36.9 Å². The number of benzene rings is 2. The van der Waals surface area contributed by atoms with Gasteiger partial charge < -0.3 is 10.6 Å². The molecular weight excluding hydrogens is 551 g/mol. The molecule has 0 spiro atoms. The first-order chi connectivity index (χ1) is 19.9. The topological polar surface area (TPSA) is 84.7 Å². The van der Waals surface area contributed by atoms with E-state index in [1.807, 2.05) is 50.2 Å². The lowest BCUT2D eigenvalue weighted by molar-refractivity contribution is 0.462. The molecule has 1 unspecified atom stereocenters. The molecular formula is C32H32ClN6OP. The molecule has 1 aliphatic rings. The summed E-state index contributed by atoms with van der Waals surface area (Å²) in [5.74, 6) is 1.02. The molecule has 2 N–H and O–H groups in total. The van der Waals surface area contributed by atoms with Crippen molar-refractivity contribution in [1.82, 2.24) is 24.8 Å². The Bertz CT molecular complexity index is 1820. The predicted molar refractivity (Wildman–Crippen MR) is 172 cm³/mol. The van der Waals surface area contributed by atoms with Gasteiger partial charge in [0.1, 0.15) is 5.65 Å². The first kappa shape index (κ1) is 27.5. The average molecular weight is 583 g/mol. The molecule has 7 nitrogen and oxygen atoms in total. The summed E-state index contributed by atoms with van der Waals surface area (Å²) < 4.78 is 1.68. The van der Waals surface area contributed by atoms with Crippen molar-refractivity contribution in [3.63, 3.8) is 0 Å². The fourth-order valence-electron chi connectivity index (χ4n) is 5.63. The number of aryl methyl sites for hydroxylation is 2. The minimum Gasteiger partial charge on any atom is -0.324 e. The van der Waals surface area contributed by atoms with Crippen molar-refractivity contribution in [2.45, 2.75) is 39.2 Å². The van der Waals surface area contributed by atoms with E-state index in [1.54, 1.807) is 17.0 Å². The molecule has 0 radical (unpaired) electrons. The second-order valence-electron chi connectivity index (χ2n) is 10.5. The summed E-state index contributed by atoms with van der Waals surface area (Å²) in [5.41, 5.74) is 6.85. The van der Waals surface area contributed by atoms with Crippen molar-refractivity contribution in [1.29, 1.82) is 0 Å². The maximum Gasteiger partial charge on any atom is 0.260 e. The second kappa shape index (κ2) is 11.7. The molecule has 0 saturated carbocycles. The maximum atomic E-state index is 13.7. The Labute approximate surface area is 246 Å². The smallest absolute Gasteiger partial charge is 0.260 e. The first-order valence-electron chi connectivity index (χ1n) is 13.9. The van der Waals surface area contributed by atoms with Gasteiger partial charge in [-0.2, -0.15) is 4.98 Å². The van der Waals surface area contributed by atoms with Crippen molar-refractivity contribution in [2.75, 3.05) is 18.4 Å². The standard InChI is InChI=1S/C32H32ClN6OP/c1-3-39-30-23(15-27(31(39)40)26-6-4-21(16-28(26)33)22-10-13-35-19(2)14-22)18-36-32(38-30)37-24-5-7-25(29(41)17-24)20-8-11-34-12-9-20/h4-7,10,13-18,20,34H,3,8-9,11-12,41H2,1-2H3,(H,36,37,38). The van der Waals surface area contributed by atoms with Gasteiger partial charge in [-0.25, -0.2) is 4.98 Å². The van der Waals surface area contributed by atoms with E-state index in [9.17, 15) is 4.79 Å². The molecule has 1 atom stereocenters. The highest BCUT2D eigenvalue weighted by Gasteiger charge is 2.18. The van der Waals surface area contributed by atoms with Gasteiger partial charge in [-0.3, -0.25) is 14.3 Å². The molecule has 0 amide bonds. The molecule has 1 aliphatic heterocycles. The van der Waals surface area contributed by atoms with Crippen molar-refractivity contribution in [3.8, 4) is 22.3 Å². The monoisotopic (exact) mass is 582 g/mol. The van der Waals surface area contributed by atoms with E-state index in [1.165, 1.54) is 10.9 Å². The molecule has 9 heteroatoms. The highest BCUT2D eigenvalue weighted by atomic mass is 35.5. The van der Waals surface area contributed by atoms with Crippen LogP contribution in [0.15, 0.2) is 71.8 Å². The quantitative estimate of drug-likeness (QED) is 0.232. The van der Waals surface area contributed by atoms with Gasteiger partial charge in [0.15, 0.2) is 0 Å². The maximum absolute atomic E-state index is 13.7. The third-order valence-corrected chi connectivity index (χ3v) is 8.57. The normalized spacial score (nSPS) is 14.0. The van der Waals surface area contributed by atoms with Crippen LogP contribution in [0.3, 0.4) is 0 Å². The molecule has 2 aromatic carbocycles. The molecule has 0 aliphatic carbocycles. The number of hydrogen-bond acceptors (Lipinski definition) is 6. The van der Waals surface area contributed by atoms with Crippen LogP contribution >= 0.6 is 20.8 Å². The fraction of sp³-hybridized carbons (Fsp3) is 0.250. The molecule has 3 aromatic heterocycles. The molecule has 6 rings (SSSR count). The zero-order valence-electron chi connectivity index (χ0n) is 23.1. The number of pyridine rings is 2. The van der Waals surface area contributed by atoms with Crippen molar-refractivity contribution in [3.05, 3.63) is 93.6 Å².